The summed E-state index contributed by atoms with van der Waals surface area (Å²) in [5, 5.41) is 17.4. The highest BCUT2D eigenvalue weighted by molar-refractivity contribution is 6.40. The van der Waals surface area contributed by atoms with Gasteiger partial charge in [-0.2, -0.15) is 4.98 Å². The number of nitrogen functional groups attached to an aromatic ring is 1. The van der Waals surface area contributed by atoms with E-state index < -0.39 is 0 Å². The van der Waals surface area contributed by atoms with E-state index in [2.05, 4.69) is 4.98 Å². The number of benzene rings is 1. The number of anilines is 1. The van der Waals surface area contributed by atoms with E-state index in [1.165, 1.54) is 12.1 Å². The molecule has 0 aliphatic rings. The first-order chi connectivity index (χ1) is 8.88. The van der Waals surface area contributed by atoms with Crippen molar-refractivity contribution in [1.29, 1.82) is 5.41 Å². The van der Waals surface area contributed by atoms with E-state index in [1.807, 2.05) is 0 Å². The second-order valence-electron chi connectivity index (χ2n) is 3.45. The van der Waals surface area contributed by atoms with Crippen LogP contribution in [0.15, 0.2) is 18.2 Å². The fourth-order valence-corrected chi connectivity index (χ4v) is 2.17. The number of nitrogens with zero attached hydrogens (tertiary/aromatic N) is 2. The quantitative estimate of drug-likeness (QED) is 0.741. The molecule has 0 saturated heterocycles. The van der Waals surface area contributed by atoms with Crippen LogP contribution in [0.1, 0.15) is 0 Å². The van der Waals surface area contributed by atoms with Crippen molar-refractivity contribution in [3.63, 3.8) is 0 Å². The largest absolute Gasteiger partial charge is 0.436 e. The zero-order valence-corrected chi connectivity index (χ0v) is 11.5. The summed E-state index contributed by atoms with van der Waals surface area (Å²) >= 11 is 17.7. The summed E-state index contributed by atoms with van der Waals surface area (Å²) in [4.78, 5) is 3.73. The van der Waals surface area contributed by atoms with Crippen LogP contribution in [0.2, 0.25) is 15.1 Å². The van der Waals surface area contributed by atoms with Crippen molar-refractivity contribution in [2.24, 2.45) is 0 Å². The maximum atomic E-state index is 9.26. The van der Waals surface area contributed by atoms with Crippen LogP contribution < -0.4 is 16.0 Å². The molecule has 4 N–H and O–H groups in total. The van der Waals surface area contributed by atoms with Gasteiger partial charge in [0.25, 0.3) is 0 Å². The highest BCUT2D eigenvalue weighted by atomic mass is 35.5. The van der Waals surface area contributed by atoms with Gasteiger partial charge in [-0.25, -0.2) is 0 Å². The molecule has 6 nitrogen and oxygen atoms in total. The predicted molar refractivity (Wildman–Crippen MR) is 71.2 cm³/mol. The summed E-state index contributed by atoms with van der Waals surface area (Å²) in [5.41, 5.74) is 5.09. The van der Waals surface area contributed by atoms with Crippen LogP contribution in [0, 0.1) is 5.41 Å². The van der Waals surface area contributed by atoms with Crippen LogP contribution in [0.3, 0.4) is 0 Å². The second kappa shape index (κ2) is 5.16. The topological polar surface area (TPSA) is 97.1 Å². The number of nitrogens with one attached hydrogen (secondary N) is 1. The standard InChI is InChI=1S/C10H7Cl3N4O2/c11-4-1-5(12)9(6(13)2-4)19-8-3-7(14)17(18)10(15)16-8/h1-3,14,18H,(H2,15,16). The minimum atomic E-state index is -0.302. The Balaban J connectivity index is 2.45. The van der Waals surface area contributed by atoms with Gasteiger partial charge in [0.2, 0.25) is 11.8 Å². The molecule has 0 aliphatic heterocycles. The Kier molecular flexibility index (Phi) is 3.75. The summed E-state index contributed by atoms with van der Waals surface area (Å²) in [5.74, 6) is -0.197. The third-order valence-electron chi connectivity index (χ3n) is 2.10. The van der Waals surface area contributed by atoms with Gasteiger partial charge in [-0.3, -0.25) is 5.41 Å². The number of rotatable bonds is 2. The van der Waals surface area contributed by atoms with E-state index in [0.29, 0.717) is 9.75 Å². The lowest BCUT2D eigenvalue weighted by Crippen LogP contribution is -2.21. The van der Waals surface area contributed by atoms with Crippen LogP contribution in [0.25, 0.3) is 0 Å². The van der Waals surface area contributed by atoms with E-state index in [9.17, 15) is 5.21 Å². The van der Waals surface area contributed by atoms with Gasteiger partial charge in [-0.15, -0.1) is 4.73 Å². The summed E-state index contributed by atoms with van der Waals surface area (Å²) in [6, 6.07) is 4.05. The summed E-state index contributed by atoms with van der Waals surface area (Å²) in [7, 11) is 0. The average Bonchev–Trinajstić information content (AvgIpc) is 2.30. The first-order valence-electron chi connectivity index (χ1n) is 4.84. The number of aromatic nitrogens is 2. The molecule has 0 aliphatic carbocycles. The van der Waals surface area contributed by atoms with Gasteiger partial charge >= 0.3 is 0 Å². The van der Waals surface area contributed by atoms with Gasteiger partial charge in [-0.05, 0) is 12.1 Å². The third kappa shape index (κ3) is 2.86. The van der Waals surface area contributed by atoms with Gasteiger partial charge in [0.1, 0.15) is 0 Å². The number of nitrogens with two attached hydrogens (primary N) is 1. The molecule has 0 unspecified atom stereocenters. The van der Waals surface area contributed by atoms with E-state index in [1.54, 1.807) is 0 Å². The Hall–Kier alpha value is -1.63. The van der Waals surface area contributed by atoms with Crippen molar-refractivity contribution < 1.29 is 9.94 Å². The minimum absolute atomic E-state index is 0.0288. The number of halogens is 3. The Morgan fingerprint density at radius 2 is 1.79 bits per heavy atom. The van der Waals surface area contributed by atoms with Crippen molar-refractivity contribution in [3.05, 3.63) is 38.8 Å². The molecule has 1 aromatic heterocycles. The maximum absolute atomic E-state index is 9.26. The number of hydrogen-bond acceptors (Lipinski definition) is 5. The molecule has 0 spiro atoms. The molecule has 2 aromatic rings. The molecule has 0 amide bonds. The molecule has 100 valence electrons. The van der Waals surface area contributed by atoms with Crippen molar-refractivity contribution in [1.82, 2.24) is 9.71 Å². The highest BCUT2D eigenvalue weighted by Crippen LogP contribution is 2.37. The summed E-state index contributed by atoms with van der Waals surface area (Å²) < 4.78 is 5.75. The molecule has 9 heteroatoms. The van der Waals surface area contributed by atoms with Crippen molar-refractivity contribution >= 4 is 40.8 Å². The zero-order chi connectivity index (χ0) is 14.2. The minimum Gasteiger partial charge on any atom is -0.436 e. The lowest BCUT2D eigenvalue weighted by molar-refractivity contribution is 0.172. The van der Waals surface area contributed by atoms with Crippen LogP contribution in [-0.4, -0.2) is 14.9 Å². The third-order valence-corrected chi connectivity index (χ3v) is 2.88. The molecule has 0 fully saturated rings. The Labute approximate surface area is 122 Å². The Morgan fingerprint density at radius 1 is 1.21 bits per heavy atom. The Morgan fingerprint density at radius 3 is 2.32 bits per heavy atom. The van der Waals surface area contributed by atoms with Gasteiger partial charge in [0, 0.05) is 11.1 Å². The van der Waals surface area contributed by atoms with Crippen LogP contribution in [0.5, 0.6) is 11.6 Å². The maximum Gasteiger partial charge on any atom is 0.239 e. The second-order valence-corrected chi connectivity index (χ2v) is 4.70. The fourth-order valence-electron chi connectivity index (χ4n) is 1.28. The van der Waals surface area contributed by atoms with Gasteiger partial charge in [0.05, 0.1) is 10.0 Å². The molecule has 0 atom stereocenters. The lowest BCUT2D eigenvalue weighted by atomic mass is 10.3. The van der Waals surface area contributed by atoms with Crippen LogP contribution >= 0.6 is 34.8 Å². The van der Waals surface area contributed by atoms with Crippen molar-refractivity contribution in [2.75, 3.05) is 5.73 Å². The molecular formula is C10H7Cl3N4O2. The van der Waals surface area contributed by atoms with E-state index in [0.717, 1.165) is 6.07 Å². The Bertz CT molecular complexity index is 679. The number of hydrogen-bond donors (Lipinski definition) is 3. The zero-order valence-electron chi connectivity index (χ0n) is 9.19. The first kappa shape index (κ1) is 13.8. The summed E-state index contributed by atoms with van der Waals surface area (Å²) in [6.45, 7) is 0. The average molecular weight is 322 g/mol. The molecular weight excluding hydrogens is 314 g/mol. The van der Waals surface area contributed by atoms with Gasteiger partial charge in [0.15, 0.2) is 11.2 Å². The monoisotopic (exact) mass is 320 g/mol. The number of ether oxygens (including phenoxy) is 1. The normalized spacial score (nSPS) is 10.5. The van der Waals surface area contributed by atoms with Crippen LogP contribution in [-0.2, 0) is 0 Å². The van der Waals surface area contributed by atoms with Gasteiger partial charge < -0.3 is 15.7 Å². The first-order valence-corrected chi connectivity index (χ1v) is 5.97. The molecule has 0 saturated carbocycles. The molecule has 0 radical (unpaired) electrons. The van der Waals surface area contributed by atoms with Crippen molar-refractivity contribution in [2.45, 2.75) is 0 Å². The highest BCUT2D eigenvalue weighted by Gasteiger charge is 2.12. The van der Waals surface area contributed by atoms with E-state index >= 15 is 0 Å². The molecule has 1 aromatic carbocycles. The fraction of sp³-hybridized carbons (Fsp3) is 0. The molecule has 0 bridgehead atoms. The van der Waals surface area contributed by atoms with Gasteiger partial charge in [-0.1, -0.05) is 34.8 Å². The molecule has 19 heavy (non-hydrogen) atoms. The summed E-state index contributed by atoms with van der Waals surface area (Å²) in [6.07, 6.45) is 0. The molecule has 1 heterocycles. The SMILES string of the molecule is N=c1cc(Oc2c(Cl)cc(Cl)cc2Cl)nc(N)n1O. The molecule has 2 rings (SSSR count). The van der Waals surface area contributed by atoms with Crippen molar-refractivity contribution in [3.8, 4) is 11.6 Å². The van der Waals surface area contributed by atoms with E-state index in [4.69, 9.17) is 50.7 Å². The van der Waals surface area contributed by atoms with E-state index in [-0.39, 0.29) is 33.1 Å². The smallest absolute Gasteiger partial charge is 0.239 e. The van der Waals surface area contributed by atoms with Crippen LogP contribution in [0.4, 0.5) is 5.95 Å². The predicted octanol–water partition coefficient (Wildman–Crippen LogP) is 2.93. The lowest BCUT2D eigenvalue weighted by Gasteiger charge is -2.10.